The molecule has 1 atom stereocenters. The summed E-state index contributed by atoms with van der Waals surface area (Å²) in [7, 11) is 0. The van der Waals surface area contributed by atoms with E-state index in [-0.39, 0.29) is 0 Å². The Hall–Kier alpha value is -0.670. The third-order valence-electron chi connectivity index (χ3n) is 2.66. The summed E-state index contributed by atoms with van der Waals surface area (Å²) in [6.07, 6.45) is 1.13. The molecular weight excluding hydrogens is 206 g/mol. The molecule has 0 fully saturated rings. The normalized spacial score (nSPS) is 19.4. The van der Waals surface area contributed by atoms with Crippen molar-refractivity contribution in [2.45, 2.75) is 12.3 Å². The summed E-state index contributed by atoms with van der Waals surface area (Å²) in [4.78, 5) is 0. The van der Waals surface area contributed by atoms with Crippen molar-refractivity contribution < 1.29 is 4.74 Å². The Bertz CT molecular complexity index is 316. The van der Waals surface area contributed by atoms with Crippen molar-refractivity contribution in [3.8, 4) is 5.75 Å². The highest BCUT2D eigenvalue weighted by atomic mass is 32.2. The van der Waals surface area contributed by atoms with Gasteiger partial charge in [-0.25, -0.2) is 0 Å². The fourth-order valence-electron chi connectivity index (χ4n) is 1.90. The Morgan fingerprint density at radius 1 is 1.40 bits per heavy atom. The third kappa shape index (κ3) is 2.67. The smallest absolute Gasteiger partial charge is 0.122 e. The van der Waals surface area contributed by atoms with E-state index >= 15 is 0 Å². The average molecular weight is 223 g/mol. The lowest BCUT2D eigenvalue weighted by molar-refractivity contribution is 0.273. The summed E-state index contributed by atoms with van der Waals surface area (Å²) in [5.41, 5.74) is 6.86. The van der Waals surface area contributed by atoms with Crippen molar-refractivity contribution in [1.29, 1.82) is 0 Å². The van der Waals surface area contributed by atoms with E-state index in [9.17, 15) is 0 Å². The van der Waals surface area contributed by atoms with Crippen molar-refractivity contribution >= 4 is 11.8 Å². The van der Waals surface area contributed by atoms with E-state index < -0.39 is 0 Å². The highest BCUT2D eigenvalue weighted by molar-refractivity contribution is 7.99. The first-order chi connectivity index (χ1) is 7.42. The molecule has 0 aromatic heterocycles. The zero-order chi connectivity index (χ0) is 10.5. The van der Waals surface area contributed by atoms with Gasteiger partial charge in [0.25, 0.3) is 0 Å². The minimum Gasteiger partial charge on any atom is -0.493 e. The maximum atomic E-state index is 5.63. The molecule has 1 heterocycles. The predicted octanol–water partition coefficient (Wildman–Crippen LogP) is 2.24. The van der Waals surface area contributed by atoms with Gasteiger partial charge >= 0.3 is 0 Å². The molecule has 0 saturated heterocycles. The number of nitrogens with two attached hydrogens (primary N) is 1. The average Bonchev–Trinajstić information content (AvgIpc) is 2.30. The zero-order valence-electron chi connectivity index (χ0n) is 8.82. The van der Waals surface area contributed by atoms with Crippen LogP contribution in [0.3, 0.4) is 0 Å². The summed E-state index contributed by atoms with van der Waals surface area (Å²) >= 11 is 1.94. The number of ether oxygens (including phenoxy) is 1. The summed E-state index contributed by atoms with van der Waals surface area (Å²) in [5, 5.41) is 0. The second-order valence-corrected chi connectivity index (χ2v) is 4.89. The second-order valence-electron chi connectivity index (χ2n) is 3.74. The molecule has 1 unspecified atom stereocenters. The van der Waals surface area contributed by atoms with Gasteiger partial charge in [-0.3, -0.25) is 0 Å². The van der Waals surface area contributed by atoms with E-state index in [1.54, 1.807) is 0 Å². The fourth-order valence-corrected chi connectivity index (χ4v) is 2.86. The first-order valence-electron chi connectivity index (χ1n) is 5.41. The Morgan fingerprint density at radius 2 is 2.27 bits per heavy atom. The Balaban J connectivity index is 2.02. The van der Waals surface area contributed by atoms with Crippen LogP contribution in [0.1, 0.15) is 17.9 Å². The first kappa shape index (κ1) is 10.8. The van der Waals surface area contributed by atoms with E-state index in [1.807, 2.05) is 17.8 Å². The molecule has 1 aromatic rings. The van der Waals surface area contributed by atoms with Crippen LogP contribution in [-0.4, -0.2) is 24.7 Å². The van der Waals surface area contributed by atoms with E-state index in [2.05, 4.69) is 18.2 Å². The van der Waals surface area contributed by atoms with Gasteiger partial charge in [0.15, 0.2) is 0 Å². The zero-order valence-corrected chi connectivity index (χ0v) is 9.63. The molecule has 15 heavy (non-hydrogen) atoms. The molecule has 0 bridgehead atoms. The number of para-hydroxylation sites is 1. The van der Waals surface area contributed by atoms with E-state index in [0.29, 0.717) is 5.92 Å². The molecule has 1 aromatic carbocycles. The molecular formula is C12H17NOS. The van der Waals surface area contributed by atoms with Crippen molar-refractivity contribution in [2.75, 3.05) is 24.7 Å². The quantitative estimate of drug-likeness (QED) is 0.795. The van der Waals surface area contributed by atoms with Crippen LogP contribution in [0.2, 0.25) is 0 Å². The van der Waals surface area contributed by atoms with E-state index in [1.165, 1.54) is 5.56 Å². The predicted molar refractivity (Wildman–Crippen MR) is 65.7 cm³/mol. The van der Waals surface area contributed by atoms with Crippen LogP contribution >= 0.6 is 11.8 Å². The molecule has 0 saturated carbocycles. The van der Waals surface area contributed by atoms with Crippen LogP contribution in [0.5, 0.6) is 5.75 Å². The maximum Gasteiger partial charge on any atom is 0.122 e. The minimum absolute atomic E-state index is 0.645. The maximum absolute atomic E-state index is 5.63. The largest absolute Gasteiger partial charge is 0.493 e. The lowest BCUT2D eigenvalue weighted by Gasteiger charge is -2.25. The molecule has 3 heteroatoms. The standard InChI is InChI=1S/C12H17NOS/c13-6-8-15-9-10-5-7-14-12-4-2-1-3-11(10)12/h1-4,10H,5-9,13H2. The number of fused-ring (bicyclic) bond motifs is 1. The van der Waals surface area contributed by atoms with Crippen molar-refractivity contribution in [1.82, 2.24) is 0 Å². The van der Waals surface area contributed by atoms with Crippen LogP contribution < -0.4 is 10.5 Å². The van der Waals surface area contributed by atoms with E-state index in [4.69, 9.17) is 10.5 Å². The molecule has 82 valence electrons. The molecule has 0 aliphatic carbocycles. The highest BCUT2D eigenvalue weighted by Gasteiger charge is 2.20. The summed E-state index contributed by atoms with van der Waals surface area (Å²) in [6, 6.07) is 8.37. The lowest BCUT2D eigenvalue weighted by atomic mass is 9.95. The number of hydrogen-bond acceptors (Lipinski definition) is 3. The number of hydrogen-bond donors (Lipinski definition) is 1. The molecule has 2 rings (SSSR count). The Morgan fingerprint density at radius 3 is 3.13 bits per heavy atom. The highest BCUT2D eigenvalue weighted by Crippen LogP contribution is 2.35. The van der Waals surface area contributed by atoms with Crippen LogP contribution in [-0.2, 0) is 0 Å². The van der Waals surface area contributed by atoms with Gasteiger partial charge in [-0.15, -0.1) is 0 Å². The molecule has 1 aliphatic rings. The summed E-state index contributed by atoms with van der Waals surface area (Å²) in [5.74, 6) is 3.94. The van der Waals surface area contributed by atoms with E-state index in [0.717, 1.165) is 36.8 Å². The number of rotatable bonds is 4. The summed E-state index contributed by atoms with van der Waals surface area (Å²) in [6.45, 7) is 1.63. The molecule has 2 nitrogen and oxygen atoms in total. The van der Waals surface area contributed by atoms with Crippen LogP contribution in [0.25, 0.3) is 0 Å². The monoisotopic (exact) mass is 223 g/mol. The third-order valence-corrected chi connectivity index (χ3v) is 3.83. The van der Waals surface area contributed by atoms with Gasteiger partial charge in [-0.05, 0) is 24.0 Å². The van der Waals surface area contributed by atoms with Gasteiger partial charge in [0.05, 0.1) is 6.61 Å². The summed E-state index contributed by atoms with van der Waals surface area (Å²) < 4.78 is 5.63. The van der Waals surface area contributed by atoms with Gasteiger partial charge in [0.2, 0.25) is 0 Å². The molecule has 2 N–H and O–H groups in total. The van der Waals surface area contributed by atoms with Crippen molar-refractivity contribution in [3.63, 3.8) is 0 Å². The van der Waals surface area contributed by atoms with Gasteiger partial charge < -0.3 is 10.5 Å². The fraction of sp³-hybridized carbons (Fsp3) is 0.500. The molecule has 1 aliphatic heterocycles. The Kier molecular flexibility index (Phi) is 3.92. The number of thioether (sulfide) groups is 1. The van der Waals surface area contributed by atoms with Gasteiger partial charge in [-0.1, -0.05) is 18.2 Å². The van der Waals surface area contributed by atoms with Crippen LogP contribution in [0.15, 0.2) is 24.3 Å². The molecule has 0 radical (unpaired) electrons. The van der Waals surface area contributed by atoms with Gasteiger partial charge in [-0.2, -0.15) is 11.8 Å². The Labute approximate surface area is 95.2 Å². The van der Waals surface area contributed by atoms with Crippen LogP contribution in [0, 0.1) is 0 Å². The van der Waals surface area contributed by atoms with Crippen LogP contribution in [0.4, 0.5) is 0 Å². The van der Waals surface area contributed by atoms with Crippen molar-refractivity contribution in [3.05, 3.63) is 29.8 Å². The topological polar surface area (TPSA) is 35.2 Å². The second kappa shape index (κ2) is 5.42. The van der Waals surface area contributed by atoms with Crippen molar-refractivity contribution in [2.24, 2.45) is 5.73 Å². The first-order valence-corrected chi connectivity index (χ1v) is 6.57. The molecule has 0 spiro atoms. The minimum atomic E-state index is 0.645. The van der Waals surface area contributed by atoms with Gasteiger partial charge in [0, 0.05) is 18.1 Å². The molecule has 0 amide bonds. The SMILES string of the molecule is NCCSCC1CCOc2ccccc21. The van der Waals surface area contributed by atoms with Gasteiger partial charge in [0.1, 0.15) is 5.75 Å². The number of benzene rings is 1. The lowest BCUT2D eigenvalue weighted by Crippen LogP contribution is -2.16.